The highest BCUT2D eigenvalue weighted by Crippen LogP contribution is 2.24. The first-order valence-electron chi connectivity index (χ1n) is 7.93. The normalized spacial score (nSPS) is 21.2. The van der Waals surface area contributed by atoms with Crippen molar-refractivity contribution in [3.63, 3.8) is 0 Å². The summed E-state index contributed by atoms with van der Waals surface area (Å²) < 4.78 is 27.4. The predicted molar refractivity (Wildman–Crippen MR) is 82.3 cm³/mol. The molecule has 2 rings (SSSR count). The standard InChI is InChI=1S/C17H24F2N2O/c1-11(13-5-4-8-20-10-13)9-16(22)21-12(2)17-14(18)6-3-7-15(17)19/h3,6-7,11-13,20H,4-5,8-10H2,1-2H3,(H,21,22). The molecule has 1 saturated heterocycles. The van der Waals surface area contributed by atoms with Crippen LogP contribution in [0.4, 0.5) is 8.78 Å². The van der Waals surface area contributed by atoms with Gasteiger partial charge < -0.3 is 10.6 Å². The van der Waals surface area contributed by atoms with Gasteiger partial charge in [0.15, 0.2) is 0 Å². The fraction of sp³-hybridized carbons (Fsp3) is 0.588. The largest absolute Gasteiger partial charge is 0.349 e. The predicted octanol–water partition coefficient (Wildman–Crippen LogP) is 3.17. The van der Waals surface area contributed by atoms with Gasteiger partial charge in [0, 0.05) is 12.0 Å². The lowest BCUT2D eigenvalue weighted by molar-refractivity contribution is -0.123. The zero-order valence-electron chi connectivity index (χ0n) is 13.2. The minimum Gasteiger partial charge on any atom is -0.349 e. The Balaban J connectivity index is 1.91. The molecule has 5 heteroatoms. The van der Waals surface area contributed by atoms with Crippen molar-refractivity contribution >= 4 is 5.91 Å². The van der Waals surface area contributed by atoms with Crippen LogP contribution < -0.4 is 10.6 Å². The molecule has 1 aliphatic heterocycles. The first kappa shape index (κ1) is 16.9. The number of rotatable bonds is 5. The molecule has 0 saturated carbocycles. The lowest BCUT2D eigenvalue weighted by atomic mass is 9.85. The quantitative estimate of drug-likeness (QED) is 0.877. The Hall–Kier alpha value is -1.49. The van der Waals surface area contributed by atoms with Crippen LogP contribution in [0.1, 0.15) is 44.7 Å². The van der Waals surface area contributed by atoms with Crippen LogP contribution in [0.25, 0.3) is 0 Å². The van der Waals surface area contributed by atoms with Crippen LogP contribution in [0.3, 0.4) is 0 Å². The second-order valence-corrected chi connectivity index (χ2v) is 6.21. The van der Waals surface area contributed by atoms with E-state index in [0.717, 1.165) is 25.9 Å². The Morgan fingerprint density at radius 2 is 2.05 bits per heavy atom. The Morgan fingerprint density at radius 3 is 2.64 bits per heavy atom. The van der Waals surface area contributed by atoms with Gasteiger partial charge in [0.1, 0.15) is 11.6 Å². The van der Waals surface area contributed by atoms with Gasteiger partial charge in [-0.1, -0.05) is 13.0 Å². The lowest BCUT2D eigenvalue weighted by Crippen LogP contribution is -2.36. The molecule has 1 fully saturated rings. The molecule has 1 aromatic carbocycles. The van der Waals surface area contributed by atoms with E-state index in [0.29, 0.717) is 12.3 Å². The van der Waals surface area contributed by atoms with E-state index in [1.54, 1.807) is 6.92 Å². The van der Waals surface area contributed by atoms with E-state index in [1.165, 1.54) is 18.2 Å². The molecule has 1 amide bonds. The van der Waals surface area contributed by atoms with Crippen molar-refractivity contribution in [2.24, 2.45) is 11.8 Å². The number of nitrogens with one attached hydrogen (secondary N) is 2. The highest BCUT2D eigenvalue weighted by molar-refractivity contribution is 5.76. The average Bonchev–Trinajstić information content (AvgIpc) is 2.47. The molecule has 0 bridgehead atoms. The molecule has 0 aliphatic carbocycles. The van der Waals surface area contributed by atoms with Gasteiger partial charge in [-0.05, 0) is 56.8 Å². The second-order valence-electron chi connectivity index (χ2n) is 6.21. The third-order valence-corrected chi connectivity index (χ3v) is 4.46. The first-order valence-corrected chi connectivity index (χ1v) is 7.93. The number of benzene rings is 1. The fourth-order valence-corrected chi connectivity index (χ4v) is 3.12. The van der Waals surface area contributed by atoms with Crippen LogP contribution in [0, 0.1) is 23.5 Å². The molecule has 22 heavy (non-hydrogen) atoms. The molecular formula is C17H24F2N2O. The van der Waals surface area contributed by atoms with Crippen LogP contribution in [-0.4, -0.2) is 19.0 Å². The van der Waals surface area contributed by atoms with Gasteiger partial charge in [0.2, 0.25) is 5.91 Å². The van der Waals surface area contributed by atoms with Gasteiger partial charge in [0.05, 0.1) is 6.04 Å². The summed E-state index contributed by atoms with van der Waals surface area (Å²) in [6, 6.07) is 3.06. The molecule has 1 heterocycles. The number of hydrogen-bond donors (Lipinski definition) is 2. The summed E-state index contributed by atoms with van der Waals surface area (Å²) in [6.45, 7) is 5.64. The van der Waals surface area contributed by atoms with Gasteiger partial charge in [-0.3, -0.25) is 4.79 Å². The second kappa shape index (κ2) is 7.68. The number of halogens is 2. The minimum atomic E-state index is -0.676. The van der Waals surface area contributed by atoms with Crippen molar-refractivity contribution in [1.82, 2.24) is 10.6 Å². The van der Waals surface area contributed by atoms with Crippen LogP contribution in [0.15, 0.2) is 18.2 Å². The van der Waals surface area contributed by atoms with E-state index in [1.807, 2.05) is 0 Å². The Kier molecular flexibility index (Phi) is 5.89. The zero-order valence-corrected chi connectivity index (χ0v) is 13.2. The van der Waals surface area contributed by atoms with Crippen molar-refractivity contribution < 1.29 is 13.6 Å². The van der Waals surface area contributed by atoms with Crippen LogP contribution in [0.5, 0.6) is 0 Å². The van der Waals surface area contributed by atoms with Crippen LogP contribution in [0.2, 0.25) is 0 Å². The van der Waals surface area contributed by atoms with Crippen molar-refractivity contribution in [2.75, 3.05) is 13.1 Å². The van der Waals surface area contributed by atoms with E-state index in [-0.39, 0.29) is 17.4 Å². The minimum absolute atomic E-state index is 0.0807. The van der Waals surface area contributed by atoms with Crippen molar-refractivity contribution in [3.8, 4) is 0 Å². The molecule has 2 N–H and O–H groups in total. The smallest absolute Gasteiger partial charge is 0.220 e. The van der Waals surface area contributed by atoms with Crippen LogP contribution in [-0.2, 0) is 4.79 Å². The summed E-state index contributed by atoms with van der Waals surface area (Å²) >= 11 is 0. The summed E-state index contributed by atoms with van der Waals surface area (Å²) in [5, 5.41) is 6.05. The molecule has 1 aliphatic rings. The molecule has 122 valence electrons. The van der Waals surface area contributed by atoms with Gasteiger partial charge in [-0.2, -0.15) is 0 Å². The third kappa shape index (κ3) is 4.26. The molecule has 0 aromatic heterocycles. The number of carbonyl (C=O) groups excluding carboxylic acids is 1. The maximum atomic E-state index is 13.7. The highest BCUT2D eigenvalue weighted by atomic mass is 19.1. The molecule has 0 radical (unpaired) electrons. The van der Waals surface area contributed by atoms with Gasteiger partial charge in [-0.25, -0.2) is 8.78 Å². The van der Waals surface area contributed by atoms with Crippen molar-refractivity contribution in [1.29, 1.82) is 0 Å². The third-order valence-electron chi connectivity index (χ3n) is 4.46. The van der Waals surface area contributed by atoms with Gasteiger partial charge in [-0.15, -0.1) is 0 Å². The Labute approximate surface area is 130 Å². The Bertz CT molecular complexity index is 495. The van der Waals surface area contributed by atoms with Crippen LogP contribution >= 0.6 is 0 Å². The average molecular weight is 310 g/mol. The molecule has 3 atom stereocenters. The van der Waals surface area contributed by atoms with Crippen molar-refractivity contribution in [3.05, 3.63) is 35.4 Å². The molecule has 3 unspecified atom stereocenters. The van der Waals surface area contributed by atoms with Gasteiger partial charge in [0.25, 0.3) is 0 Å². The molecular weight excluding hydrogens is 286 g/mol. The van der Waals surface area contributed by atoms with E-state index < -0.39 is 17.7 Å². The summed E-state index contributed by atoms with van der Waals surface area (Å²) in [4.78, 5) is 12.1. The molecule has 0 spiro atoms. The van der Waals surface area contributed by atoms with E-state index in [2.05, 4.69) is 17.6 Å². The summed E-state index contributed by atoms with van der Waals surface area (Å²) in [5.41, 5.74) is -0.0807. The maximum Gasteiger partial charge on any atom is 0.220 e. The first-order chi connectivity index (χ1) is 10.5. The Morgan fingerprint density at radius 1 is 1.36 bits per heavy atom. The van der Waals surface area contributed by atoms with Crippen molar-refractivity contribution in [2.45, 2.75) is 39.2 Å². The van der Waals surface area contributed by atoms with Gasteiger partial charge >= 0.3 is 0 Å². The fourth-order valence-electron chi connectivity index (χ4n) is 3.12. The maximum absolute atomic E-state index is 13.7. The monoisotopic (exact) mass is 310 g/mol. The molecule has 1 aromatic rings. The zero-order chi connectivity index (χ0) is 16.1. The number of hydrogen-bond acceptors (Lipinski definition) is 2. The summed E-state index contributed by atoms with van der Waals surface area (Å²) in [5.74, 6) is -0.673. The topological polar surface area (TPSA) is 41.1 Å². The van der Waals surface area contributed by atoms with E-state index in [4.69, 9.17) is 0 Å². The SMILES string of the molecule is CC(NC(=O)CC(C)C1CCCNC1)c1c(F)cccc1F. The highest BCUT2D eigenvalue weighted by Gasteiger charge is 2.24. The summed E-state index contributed by atoms with van der Waals surface area (Å²) in [6.07, 6.45) is 2.64. The number of amides is 1. The molecule has 3 nitrogen and oxygen atoms in total. The number of carbonyl (C=O) groups is 1. The lowest BCUT2D eigenvalue weighted by Gasteiger charge is -2.28. The number of piperidine rings is 1. The van der Waals surface area contributed by atoms with E-state index >= 15 is 0 Å². The summed E-state index contributed by atoms with van der Waals surface area (Å²) in [7, 11) is 0. The van der Waals surface area contributed by atoms with E-state index in [9.17, 15) is 13.6 Å².